The van der Waals surface area contributed by atoms with Gasteiger partial charge in [-0.05, 0) is 18.9 Å². The molecule has 0 aromatic carbocycles. The number of rotatable bonds is 5. The van der Waals surface area contributed by atoms with E-state index in [1.807, 2.05) is 6.92 Å². The van der Waals surface area contributed by atoms with Crippen molar-refractivity contribution in [3.63, 3.8) is 0 Å². The van der Waals surface area contributed by atoms with Crippen molar-refractivity contribution in [1.82, 2.24) is 14.9 Å². The Morgan fingerprint density at radius 2 is 2.10 bits per heavy atom. The van der Waals surface area contributed by atoms with Crippen LogP contribution >= 0.6 is 22.9 Å². The topological polar surface area (TPSA) is 58.1 Å². The summed E-state index contributed by atoms with van der Waals surface area (Å²) in [6, 6.07) is 0. The van der Waals surface area contributed by atoms with E-state index >= 15 is 0 Å². The minimum atomic E-state index is -0.0351. The highest BCUT2D eigenvalue weighted by molar-refractivity contribution is 7.20. The van der Waals surface area contributed by atoms with E-state index in [0.29, 0.717) is 16.0 Å². The number of unbranched alkanes of at least 4 members (excludes halogenated alkanes) is 1. The molecule has 2 aromatic rings. The summed E-state index contributed by atoms with van der Waals surface area (Å²) in [5.41, 5.74) is 0.846. The molecule has 0 unspecified atom stereocenters. The third-order valence-electron chi connectivity index (χ3n) is 3.16. The molecule has 0 atom stereocenters. The number of aryl methyl sites for hydroxylation is 1. The van der Waals surface area contributed by atoms with Crippen molar-refractivity contribution in [2.75, 3.05) is 26.0 Å². The van der Waals surface area contributed by atoms with Gasteiger partial charge in [-0.3, -0.25) is 4.79 Å². The van der Waals surface area contributed by atoms with Gasteiger partial charge in [0.25, 0.3) is 5.91 Å². The van der Waals surface area contributed by atoms with Gasteiger partial charge in [0.05, 0.1) is 10.3 Å². The molecule has 0 aliphatic carbocycles. The molecule has 1 N–H and O–H groups in total. The number of thiophene rings is 1. The highest BCUT2D eigenvalue weighted by Gasteiger charge is 2.20. The van der Waals surface area contributed by atoms with Gasteiger partial charge in [0, 0.05) is 20.6 Å². The first-order valence-electron chi connectivity index (χ1n) is 6.87. The zero-order valence-electron chi connectivity index (χ0n) is 12.7. The van der Waals surface area contributed by atoms with Gasteiger partial charge in [0.1, 0.15) is 9.98 Å². The van der Waals surface area contributed by atoms with Crippen LogP contribution in [0.5, 0.6) is 0 Å². The molecular weight excluding hydrogens is 308 g/mol. The number of hydrogen-bond acceptors (Lipinski definition) is 5. The molecule has 5 nitrogen and oxygen atoms in total. The van der Waals surface area contributed by atoms with Gasteiger partial charge in [0.15, 0.2) is 0 Å². The average molecular weight is 327 g/mol. The van der Waals surface area contributed by atoms with Crippen LogP contribution in [0.1, 0.15) is 35.0 Å². The van der Waals surface area contributed by atoms with Crippen molar-refractivity contribution >= 4 is 45.0 Å². The largest absolute Gasteiger partial charge is 0.354 e. The predicted molar refractivity (Wildman–Crippen MR) is 88.6 cm³/mol. The van der Waals surface area contributed by atoms with E-state index in [0.717, 1.165) is 35.2 Å². The molecule has 21 heavy (non-hydrogen) atoms. The maximum atomic E-state index is 12.2. The molecule has 114 valence electrons. The first kappa shape index (κ1) is 16.0. The van der Waals surface area contributed by atoms with Crippen molar-refractivity contribution < 1.29 is 4.79 Å². The molecular formula is C14H19ClN4OS. The van der Waals surface area contributed by atoms with Crippen molar-refractivity contribution in [2.45, 2.75) is 26.7 Å². The fraction of sp³-hybridized carbons (Fsp3) is 0.500. The molecule has 0 radical (unpaired) electrons. The fourth-order valence-electron chi connectivity index (χ4n) is 1.95. The standard InChI is InChI=1S/C14H19ClN4OS/c1-5-6-7-16-14-17-11(15)9-8(2)10(13(20)19(3)4)21-12(9)18-14/h5-7H2,1-4H3,(H,16,17,18). The average Bonchev–Trinajstić information content (AvgIpc) is 2.75. The monoisotopic (exact) mass is 326 g/mol. The van der Waals surface area contributed by atoms with E-state index in [9.17, 15) is 4.79 Å². The lowest BCUT2D eigenvalue weighted by molar-refractivity contribution is 0.0831. The summed E-state index contributed by atoms with van der Waals surface area (Å²) in [5, 5.41) is 4.33. The molecule has 0 fully saturated rings. The van der Waals surface area contributed by atoms with Gasteiger partial charge < -0.3 is 10.2 Å². The number of nitrogens with zero attached hydrogens (tertiary/aromatic N) is 3. The molecule has 0 spiro atoms. The first-order valence-corrected chi connectivity index (χ1v) is 8.07. The number of hydrogen-bond donors (Lipinski definition) is 1. The molecule has 2 aromatic heterocycles. The Kier molecular flexibility index (Phi) is 5.00. The van der Waals surface area contributed by atoms with Crippen LogP contribution in [-0.2, 0) is 0 Å². The summed E-state index contributed by atoms with van der Waals surface area (Å²) in [4.78, 5) is 23.9. The summed E-state index contributed by atoms with van der Waals surface area (Å²) < 4.78 is 0. The second kappa shape index (κ2) is 6.58. The number of aromatic nitrogens is 2. The zero-order chi connectivity index (χ0) is 15.6. The maximum Gasteiger partial charge on any atom is 0.263 e. The van der Waals surface area contributed by atoms with Gasteiger partial charge in [-0.25, -0.2) is 9.97 Å². The molecule has 0 saturated heterocycles. The third kappa shape index (κ3) is 3.27. The van der Waals surface area contributed by atoms with Crippen molar-refractivity contribution in [3.05, 3.63) is 15.6 Å². The maximum absolute atomic E-state index is 12.2. The molecule has 2 rings (SSSR count). The summed E-state index contributed by atoms with van der Waals surface area (Å²) >= 11 is 7.63. The summed E-state index contributed by atoms with van der Waals surface area (Å²) in [6.07, 6.45) is 2.15. The summed E-state index contributed by atoms with van der Waals surface area (Å²) in [7, 11) is 3.47. The van der Waals surface area contributed by atoms with Crippen molar-refractivity contribution in [3.8, 4) is 0 Å². The Bertz CT molecular complexity index is 669. The summed E-state index contributed by atoms with van der Waals surface area (Å²) in [5.74, 6) is 0.484. The Balaban J connectivity index is 2.43. The zero-order valence-corrected chi connectivity index (χ0v) is 14.2. The number of carbonyl (C=O) groups excluding carboxylic acids is 1. The lowest BCUT2D eigenvalue weighted by atomic mass is 10.2. The van der Waals surface area contributed by atoms with Crippen LogP contribution in [0.25, 0.3) is 10.2 Å². The highest BCUT2D eigenvalue weighted by Crippen LogP contribution is 2.34. The smallest absolute Gasteiger partial charge is 0.263 e. The lowest BCUT2D eigenvalue weighted by Crippen LogP contribution is -2.21. The van der Waals surface area contributed by atoms with E-state index in [1.165, 1.54) is 11.3 Å². The molecule has 0 bridgehead atoms. The highest BCUT2D eigenvalue weighted by atomic mass is 35.5. The molecule has 7 heteroatoms. The van der Waals surface area contributed by atoms with Crippen LogP contribution in [0.15, 0.2) is 0 Å². The number of nitrogens with one attached hydrogen (secondary N) is 1. The number of fused-ring (bicyclic) bond motifs is 1. The molecule has 0 saturated carbocycles. The minimum Gasteiger partial charge on any atom is -0.354 e. The normalized spacial score (nSPS) is 10.9. The van der Waals surface area contributed by atoms with E-state index in [4.69, 9.17) is 11.6 Å². The second-order valence-electron chi connectivity index (χ2n) is 5.05. The van der Waals surface area contributed by atoms with Crippen LogP contribution in [0.2, 0.25) is 5.15 Å². The SMILES string of the molecule is CCCCNc1nc(Cl)c2c(C)c(C(=O)N(C)C)sc2n1. The van der Waals surface area contributed by atoms with Crippen molar-refractivity contribution in [1.29, 1.82) is 0 Å². The van der Waals surface area contributed by atoms with Gasteiger partial charge >= 0.3 is 0 Å². The minimum absolute atomic E-state index is 0.0351. The molecule has 0 aliphatic rings. The van der Waals surface area contributed by atoms with Gasteiger partial charge in [-0.15, -0.1) is 11.3 Å². The van der Waals surface area contributed by atoms with Gasteiger partial charge in [-0.2, -0.15) is 0 Å². The second-order valence-corrected chi connectivity index (χ2v) is 6.41. The van der Waals surface area contributed by atoms with Crippen LogP contribution < -0.4 is 5.32 Å². The Labute approximate surface area is 133 Å². The third-order valence-corrected chi connectivity index (χ3v) is 4.61. The molecule has 1 amide bonds. The Morgan fingerprint density at radius 3 is 2.71 bits per heavy atom. The Hall–Kier alpha value is -1.40. The summed E-state index contributed by atoms with van der Waals surface area (Å²) in [6.45, 7) is 4.82. The van der Waals surface area contributed by atoms with Crippen LogP contribution in [0.4, 0.5) is 5.95 Å². The number of halogens is 1. The Morgan fingerprint density at radius 1 is 1.38 bits per heavy atom. The van der Waals surface area contributed by atoms with E-state index in [-0.39, 0.29) is 5.91 Å². The quantitative estimate of drug-likeness (QED) is 0.674. The first-order chi connectivity index (χ1) is 9.95. The van der Waals surface area contributed by atoms with E-state index in [2.05, 4.69) is 22.2 Å². The van der Waals surface area contributed by atoms with Crippen LogP contribution in [-0.4, -0.2) is 41.4 Å². The number of carbonyl (C=O) groups is 1. The predicted octanol–water partition coefficient (Wildman–Crippen LogP) is 3.57. The van der Waals surface area contributed by atoms with Crippen LogP contribution in [0.3, 0.4) is 0 Å². The lowest BCUT2D eigenvalue weighted by Gasteiger charge is -2.08. The van der Waals surface area contributed by atoms with Crippen LogP contribution in [0, 0.1) is 6.92 Å². The molecule has 0 aliphatic heterocycles. The van der Waals surface area contributed by atoms with Crippen molar-refractivity contribution in [2.24, 2.45) is 0 Å². The molecule has 2 heterocycles. The van der Waals surface area contributed by atoms with Gasteiger partial charge in [-0.1, -0.05) is 24.9 Å². The van der Waals surface area contributed by atoms with E-state index in [1.54, 1.807) is 19.0 Å². The number of amides is 1. The number of anilines is 1. The van der Waals surface area contributed by atoms with Gasteiger partial charge in [0.2, 0.25) is 5.95 Å². The van der Waals surface area contributed by atoms with E-state index < -0.39 is 0 Å². The fourth-order valence-corrected chi connectivity index (χ4v) is 3.52.